The van der Waals surface area contributed by atoms with Crippen LogP contribution in [0.2, 0.25) is 0 Å². The molecule has 0 aliphatic heterocycles. The lowest BCUT2D eigenvalue weighted by atomic mass is 10.1. The van der Waals surface area contributed by atoms with Crippen molar-refractivity contribution in [3.05, 3.63) is 22.2 Å². The molecule has 6 nitrogen and oxygen atoms in total. The fraction of sp³-hybridized carbons (Fsp3) is 0.588. The summed E-state index contributed by atoms with van der Waals surface area (Å²) in [5.41, 5.74) is 0.746. The average molecular weight is 402 g/mol. The molecular weight excluding hydrogens is 374 g/mol. The number of guanidine groups is 1. The maximum Gasteiger partial charge on any atom is 0.191 e. The molecule has 1 aromatic rings. The van der Waals surface area contributed by atoms with Crippen LogP contribution in [0.3, 0.4) is 0 Å². The molecule has 0 radical (unpaired) electrons. The molecule has 0 aliphatic carbocycles. The molecule has 0 aliphatic rings. The SMILES string of the molecule is CCNC(=NCc1cc(OC)c(OC)cc1Br)NCC(C)(C)OC. The van der Waals surface area contributed by atoms with Crippen LogP contribution in [0.5, 0.6) is 11.5 Å². The zero-order valence-corrected chi connectivity index (χ0v) is 16.9. The van der Waals surface area contributed by atoms with E-state index in [0.29, 0.717) is 24.6 Å². The highest BCUT2D eigenvalue weighted by Gasteiger charge is 2.16. The molecule has 0 saturated carbocycles. The fourth-order valence-electron chi connectivity index (χ4n) is 1.89. The van der Waals surface area contributed by atoms with Gasteiger partial charge in [-0.3, -0.25) is 0 Å². The molecule has 0 amide bonds. The van der Waals surface area contributed by atoms with E-state index < -0.39 is 0 Å². The van der Waals surface area contributed by atoms with Crippen molar-refractivity contribution in [1.29, 1.82) is 0 Å². The third-order valence-corrected chi connectivity index (χ3v) is 4.28. The van der Waals surface area contributed by atoms with Gasteiger partial charge in [-0.15, -0.1) is 0 Å². The highest BCUT2D eigenvalue weighted by Crippen LogP contribution is 2.33. The van der Waals surface area contributed by atoms with Crippen LogP contribution in [0.15, 0.2) is 21.6 Å². The molecule has 0 spiro atoms. The lowest BCUT2D eigenvalue weighted by Crippen LogP contribution is -2.45. The van der Waals surface area contributed by atoms with Crippen molar-refractivity contribution in [1.82, 2.24) is 10.6 Å². The van der Waals surface area contributed by atoms with E-state index in [-0.39, 0.29) is 5.60 Å². The van der Waals surface area contributed by atoms with E-state index in [4.69, 9.17) is 14.2 Å². The number of rotatable bonds is 8. The van der Waals surface area contributed by atoms with E-state index in [1.54, 1.807) is 21.3 Å². The maximum absolute atomic E-state index is 5.42. The second-order valence-electron chi connectivity index (χ2n) is 5.81. The third-order valence-electron chi connectivity index (χ3n) is 3.54. The van der Waals surface area contributed by atoms with Crippen LogP contribution < -0.4 is 20.1 Å². The Bertz CT molecular complexity index is 562. The molecule has 7 heteroatoms. The smallest absolute Gasteiger partial charge is 0.191 e. The summed E-state index contributed by atoms with van der Waals surface area (Å²) in [6.07, 6.45) is 0. The fourth-order valence-corrected chi connectivity index (χ4v) is 2.34. The normalized spacial score (nSPS) is 12.0. The first-order chi connectivity index (χ1) is 11.4. The predicted molar refractivity (Wildman–Crippen MR) is 101 cm³/mol. The molecule has 0 fully saturated rings. The van der Waals surface area contributed by atoms with Gasteiger partial charge in [0.05, 0.1) is 26.4 Å². The molecule has 136 valence electrons. The van der Waals surface area contributed by atoms with Crippen molar-refractivity contribution < 1.29 is 14.2 Å². The Morgan fingerprint density at radius 1 is 1.12 bits per heavy atom. The Kier molecular flexibility index (Phi) is 8.35. The van der Waals surface area contributed by atoms with E-state index in [2.05, 4.69) is 31.6 Å². The van der Waals surface area contributed by atoms with Gasteiger partial charge in [-0.1, -0.05) is 15.9 Å². The molecule has 0 bridgehead atoms. The summed E-state index contributed by atoms with van der Waals surface area (Å²) in [5, 5.41) is 6.53. The Balaban J connectivity index is 2.89. The Hall–Kier alpha value is -1.47. The second kappa shape index (κ2) is 9.74. The molecule has 0 heterocycles. The topological polar surface area (TPSA) is 64.1 Å². The zero-order valence-electron chi connectivity index (χ0n) is 15.3. The number of aliphatic imine (C=N–C) groups is 1. The molecule has 0 aromatic heterocycles. The van der Waals surface area contributed by atoms with Crippen LogP contribution in [-0.4, -0.2) is 46.0 Å². The first kappa shape index (κ1) is 20.6. The van der Waals surface area contributed by atoms with Crippen LogP contribution in [0.4, 0.5) is 0 Å². The van der Waals surface area contributed by atoms with Gasteiger partial charge in [0, 0.05) is 24.7 Å². The molecule has 1 aromatic carbocycles. The van der Waals surface area contributed by atoms with Crippen molar-refractivity contribution in [3.63, 3.8) is 0 Å². The van der Waals surface area contributed by atoms with Gasteiger partial charge < -0.3 is 24.8 Å². The molecule has 0 saturated heterocycles. The number of nitrogens with zero attached hydrogens (tertiary/aromatic N) is 1. The zero-order chi connectivity index (χ0) is 18.2. The first-order valence-electron chi connectivity index (χ1n) is 7.84. The summed E-state index contributed by atoms with van der Waals surface area (Å²) in [6, 6.07) is 3.81. The van der Waals surface area contributed by atoms with Crippen LogP contribution in [-0.2, 0) is 11.3 Å². The summed E-state index contributed by atoms with van der Waals surface area (Å²) in [5.74, 6) is 2.11. The van der Waals surface area contributed by atoms with E-state index in [1.165, 1.54) is 0 Å². The highest BCUT2D eigenvalue weighted by molar-refractivity contribution is 9.10. The average Bonchev–Trinajstić information content (AvgIpc) is 2.57. The number of methoxy groups -OCH3 is 3. The minimum Gasteiger partial charge on any atom is -0.493 e. The van der Waals surface area contributed by atoms with Crippen LogP contribution in [0.1, 0.15) is 26.3 Å². The number of hydrogen-bond donors (Lipinski definition) is 2. The standard InChI is InChI=1S/C17H28BrN3O3/c1-7-19-16(21-11-17(2,3)24-6)20-10-12-8-14(22-4)15(23-5)9-13(12)18/h8-9H,7,10-11H2,1-6H3,(H2,19,20,21). The van der Waals surface area contributed by atoms with Crippen LogP contribution >= 0.6 is 15.9 Å². The lowest BCUT2D eigenvalue weighted by Gasteiger charge is -2.24. The molecule has 1 rings (SSSR count). The summed E-state index contributed by atoms with van der Waals surface area (Å²) in [6.45, 7) is 8.02. The van der Waals surface area contributed by atoms with Gasteiger partial charge in [0.25, 0.3) is 0 Å². The minimum atomic E-state index is -0.264. The van der Waals surface area contributed by atoms with Crippen molar-refractivity contribution >= 4 is 21.9 Å². The monoisotopic (exact) mass is 401 g/mol. The highest BCUT2D eigenvalue weighted by atomic mass is 79.9. The third kappa shape index (κ3) is 6.20. The Morgan fingerprint density at radius 2 is 1.75 bits per heavy atom. The molecular formula is C17H28BrN3O3. The summed E-state index contributed by atoms with van der Waals surface area (Å²) in [4.78, 5) is 4.63. The summed E-state index contributed by atoms with van der Waals surface area (Å²) in [7, 11) is 4.94. The largest absolute Gasteiger partial charge is 0.493 e. The van der Waals surface area contributed by atoms with Gasteiger partial charge in [-0.05, 0) is 38.5 Å². The van der Waals surface area contributed by atoms with Gasteiger partial charge >= 0.3 is 0 Å². The molecule has 2 N–H and O–H groups in total. The minimum absolute atomic E-state index is 0.264. The predicted octanol–water partition coefficient (Wildman–Crippen LogP) is 2.95. The van der Waals surface area contributed by atoms with Crippen LogP contribution in [0, 0.1) is 0 Å². The molecule has 0 atom stereocenters. The molecule has 0 unspecified atom stereocenters. The van der Waals surface area contributed by atoms with Gasteiger partial charge in [-0.25, -0.2) is 4.99 Å². The summed E-state index contributed by atoms with van der Waals surface area (Å²) >= 11 is 3.56. The Labute approximate surface area is 153 Å². The lowest BCUT2D eigenvalue weighted by molar-refractivity contribution is 0.0268. The van der Waals surface area contributed by atoms with E-state index in [0.717, 1.165) is 22.5 Å². The number of benzene rings is 1. The number of ether oxygens (including phenoxy) is 3. The van der Waals surface area contributed by atoms with E-state index >= 15 is 0 Å². The van der Waals surface area contributed by atoms with Crippen molar-refractivity contribution in [3.8, 4) is 11.5 Å². The maximum atomic E-state index is 5.42. The van der Waals surface area contributed by atoms with Gasteiger partial charge in [0.1, 0.15) is 0 Å². The van der Waals surface area contributed by atoms with Gasteiger partial charge in [0.15, 0.2) is 17.5 Å². The van der Waals surface area contributed by atoms with E-state index in [9.17, 15) is 0 Å². The first-order valence-corrected chi connectivity index (χ1v) is 8.63. The molecule has 24 heavy (non-hydrogen) atoms. The van der Waals surface area contributed by atoms with Crippen molar-refractivity contribution in [2.45, 2.75) is 32.9 Å². The number of nitrogens with one attached hydrogen (secondary N) is 2. The number of hydrogen-bond acceptors (Lipinski definition) is 4. The van der Waals surface area contributed by atoms with E-state index in [1.807, 2.05) is 32.9 Å². The quantitative estimate of drug-likeness (QED) is 0.517. The second-order valence-corrected chi connectivity index (χ2v) is 6.67. The van der Waals surface area contributed by atoms with Crippen molar-refractivity contribution in [2.24, 2.45) is 4.99 Å². The van der Waals surface area contributed by atoms with Crippen LogP contribution in [0.25, 0.3) is 0 Å². The number of halogens is 1. The Morgan fingerprint density at radius 3 is 2.29 bits per heavy atom. The van der Waals surface area contributed by atoms with Gasteiger partial charge in [0.2, 0.25) is 0 Å². The van der Waals surface area contributed by atoms with Gasteiger partial charge in [-0.2, -0.15) is 0 Å². The summed E-state index contributed by atoms with van der Waals surface area (Å²) < 4.78 is 17.0. The van der Waals surface area contributed by atoms with Crippen molar-refractivity contribution in [2.75, 3.05) is 34.4 Å².